The molecule has 0 bridgehead atoms. The molecule has 5 heteroatoms. The number of aliphatic hydroxyl groups is 1. The van der Waals surface area contributed by atoms with E-state index < -0.39 is 6.10 Å². The first-order valence-corrected chi connectivity index (χ1v) is 6.56. The van der Waals surface area contributed by atoms with Crippen molar-refractivity contribution < 1.29 is 9.50 Å². The van der Waals surface area contributed by atoms with Gasteiger partial charge in [0.15, 0.2) is 0 Å². The Labute approximate surface area is 113 Å². The lowest BCUT2D eigenvalue weighted by atomic mass is 10.0. The Bertz CT molecular complexity index is 542. The maximum atomic E-state index is 13.2. The second kappa shape index (κ2) is 5.63. The van der Waals surface area contributed by atoms with Gasteiger partial charge in [0.2, 0.25) is 0 Å². The monoisotopic (exact) mass is 312 g/mol. The zero-order chi connectivity index (χ0) is 13.1. The molecule has 0 saturated heterocycles. The molecule has 1 N–H and O–H groups in total. The first-order valence-electron chi connectivity index (χ1n) is 5.77. The molecule has 0 amide bonds. The fourth-order valence-electron chi connectivity index (χ4n) is 1.78. The second-order valence-corrected chi connectivity index (χ2v) is 4.96. The van der Waals surface area contributed by atoms with E-state index in [1.54, 1.807) is 23.1 Å². The Balaban J connectivity index is 2.29. The van der Waals surface area contributed by atoms with Gasteiger partial charge >= 0.3 is 0 Å². The summed E-state index contributed by atoms with van der Waals surface area (Å²) in [5, 5.41) is 14.4. The average molecular weight is 313 g/mol. The van der Waals surface area contributed by atoms with Crippen LogP contribution in [-0.2, 0) is 6.54 Å². The van der Waals surface area contributed by atoms with E-state index in [1.165, 1.54) is 12.1 Å². The second-order valence-electron chi connectivity index (χ2n) is 4.11. The molecule has 1 atom stereocenters. The van der Waals surface area contributed by atoms with Crippen LogP contribution >= 0.6 is 15.9 Å². The van der Waals surface area contributed by atoms with E-state index in [-0.39, 0.29) is 5.82 Å². The minimum Gasteiger partial charge on any atom is -0.383 e. The van der Waals surface area contributed by atoms with E-state index in [1.807, 2.05) is 0 Å². The Morgan fingerprint density at radius 3 is 3.00 bits per heavy atom. The normalized spacial score (nSPS) is 12.7. The number of nitrogens with zero attached hydrogens (tertiary/aromatic N) is 2. The van der Waals surface area contributed by atoms with Crippen LogP contribution in [0.4, 0.5) is 4.39 Å². The molecule has 1 heterocycles. The highest BCUT2D eigenvalue weighted by atomic mass is 79.9. The number of aliphatic hydroxyl groups excluding tert-OH is 1. The van der Waals surface area contributed by atoms with Crippen molar-refractivity contribution in [3.05, 3.63) is 52.0 Å². The van der Waals surface area contributed by atoms with Gasteiger partial charge < -0.3 is 5.11 Å². The summed E-state index contributed by atoms with van der Waals surface area (Å²) in [6.45, 7) is 2.86. The predicted molar refractivity (Wildman–Crippen MR) is 70.7 cm³/mol. The number of halogens is 2. The standard InChI is InChI=1S/C13H14BrFN2O/c1-2-5-17-8-9(7-16-17)13(18)11-6-10(15)3-4-12(11)14/h3-4,6-8,13,18H,2,5H2,1H3. The van der Waals surface area contributed by atoms with Gasteiger partial charge in [-0.1, -0.05) is 22.9 Å². The predicted octanol–water partition coefficient (Wildman–Crippen LogP) is 3.28. The van der Waals surface area contributed by atoms with Crippen LogP contribution < -0.4 is 0 Å². The Morgan fingerprint density at radius 1 is 1.50 bits per heavy atom. The van der Waals surface area contributed by atoms with E-state index >= 15 is 0 Å². The van der Waals surface area contributed by atoms with Gasteiger partial charge in [-0.05, 0) is 24.6 Å². The van der Waals surface area contributed by atoms with Crippen molar-refractivity contribution in [1.29, 1.82) is 0 Å². The highest BCUT2D eigenvalue weighted by Crippen LogP contribution is 2.28. The summed E-state index contributed by atoms with van der Waals surface area (Å²) in [5.41, 5.74) is 1.17. The fourth-order valence-corrected chi connectivity index (χ4v) is 2.24. The minimum absolute atomic E-state index is 0.367. The Hall–Kier alpha value is -1.20. The van der Waals surface area contributed by atoms with Crippen LogP contribution in [0.2, 0.25) is 0 Å². The smallest absolute Gasteiger partial charge is 0.123 e. The molecule has 0 fully saturated rings. The van der Waals surface area contributed by atoms with Gasteiger partial charge in [0, 0.05) is 28.3 Å². The van der Waals surface area contributed by atoms with Gasteiger partial charge in [0.1, 0.15) is 11.9 Å². The lowest BCUT2D eigenvalue weighted by Crippen LogP contribution is -2.01. The third-order valence-electron chi connectivity index (χ3n) is 2.67. The molecule has 1 aromatic carbocycles. The SMILES string of the molecule is CCCn1cc(C(O)c2cc(F)ccc2Br)cn1. The molecule has 1 aromatic heterocycles. The summed E-state index contributed by atoms with van der Waals surface area (Å²) in [7, 11) is 0. The molecule has 0 aliphatic rings. The van der Waals surface area contributed by atoms with E-state index in [2.05, 4.69) is 28.0 Å². The molecule has 0 aliphatic carbocycles. The van der Waals surface area contributed by atoms with Crippen molar-refractivity contribution in [3.8, 4) is 0 Å². The summed E-state index contributed by atoms with van der Waals surface area (Å²) >= 11 is 3.31. The van der Waals surface area contributed by atoms with Crippen LogP contribution in [0.15, 0.2) is 35.1 Å². The van der Waals surface area contributed by atoms with Gasteiger partial charge in [-0.3, -0.25) is 4.68 Å². The summed E-state index contributed by atoms with van der Waals surface area (Å²) in [6, 6.07) is 4.26. The van der Waals surface area contributed by atoms with Gasteiger partial charge in [-0.25, -0.2) is 4.39 Å². The zero-order valence-electron chi connectivity index (χ0n) is 9.98. The molecular weight excluding hydrogens is 299 g/mol. The molecule has 18 heavy (non-hydrogen) atoms. The largest absolute Gasteiger partial charge is 0.383 e. The summed E-state index contributed by atoms with van der Waals surface area (Å²) in [4.78, 5) is 0. The van der Waals surface area contributed by atoms with E-state index in [0.717, 1.165) is 13.0 Å². The number of rotatable bonds is 4. The van der Waals surface area contributed by atoms with E-state index in [9.17, 15) is 9.50 Å². The van der Waals surface area contributed by atoms with Crippen molar-refractivity contribution in [1.82, 2.24) is 9.78 Å². The van der Waals surface area contributed by atoms with Crippen LogP contribution in [0.3, 0.4) is 0 Å². The number of benzene rings is 1. The van der Waals surface area contributed by atoms with Crippen LogP contribution in [0.25, 0.3) is 0 Å². The molecule has 2 aromatic rings. The van der Waals surface area contributed by atoms with Crippen LogP contribution in [0.5, 0.6) is 0 Å². The molecule has 96 valence electrons. The lowest BCUT2D eigenvalue weighted by molar-refractivity contribution is 0.219. The molecule has 3 nitrogen and oxygen atoms in total. The highest BCUT2D eigenvalue weighted by molar-refractivity contribution is 9.10. The molecule has 2 rings (SSSR count). The van der Waals surface area contributed by atoms with Crippen molar-refractivity contribution in [2.45, 2.75) is 26.0 Å². The molecule has 0 spiro atoms. The number of aromatic nitrogens is 2. The molecular formula is C13H14BrFN2O. The van der Waals surface area contributed by atoms with Gasteiger partial charge in [0.05, 0.1) is 6.20 Å². The highest BCUT2D eigenvalue weighted by Gasteiger charge is 2.16. The van der Waals surface area contributed by atoms with Crippen LogP contribution in [-0.4, -0.2) is 14.9 Å². The molecule has 0 saturated carbocycles. The summed E-state index contributed by atoms with van der Waals surface area (Å²) < 4.78 is 15.6. The number of aryl methyl sites for hydroxylation is 1. The van der Waals surface area contributed by atoms with E-state index in [4.69, 9.17) is 0 Å². The summed E-state index contributed by atoms with van der Waals surface area (Å²) in [6.07, 6.45) is 3.49. The number of hydrogen-bond acceptors (Lipinski definition) is 2. The third kappa shape index (κ3) is 2.79. The fraction of sp³-hybridized carbons (Fsp3) is 0.308. The third-order valence-corrected chi connectivity index (χ3v) is 3.40. The maximum Gasteiger partial charge on any atom is 0.123 e. The topological polar surface area (TPSA) is 38.0 Å². The first-order chi connectivity index (χ1) is 8.61. The molecule has 1 unspecified atom stereocenters. The van der Waals surface area contributed by atoms with Crippen LogP contribution in [0.1, 0.15) is 30.6 Å². The lowest BCUT2D eigenvalue weighted by Gasteiger charge is -2.11. The molecule has 0 radical (unpaired) electrons. The molecule has 0 aliphatic heterocycles. The maximum absolute atomic E-state index is 13.2. The van der Waals surface area contributed by atoms with Crippen molar-refractivity contribution in [3.63, 3.8) is 0 Å². The number of hydrogen-bond donors (Lipinski definition) is 1. The van der Waals surface area contributed by atoms with Gasteiger partial charge in [-0.2, -0.15) is 5.10 Å². The Kier molecular flexibility index (Phi) is 4.14. The van der Waals surface area contributed by atoms with Crippen molar-refractivity contribution in [2.75, 3.05) is 0 Å². The summed E-state index contributed by atoms with van der Waals surface area (Å²) in [5.74, 6) is -0.367. The first kappa shape index (κ1) is 13.2. The van der Waals surface area contributed by atoms with Crippen molar-refractivity contribution in [2.24, 2.45) is 0 Å². The Morgan fingerprint density at radius 2 is 2.28 bits per heavy atom. The zero-order valence-corrected chi connectivity index (χ0v) is 11.6. The minimum atomic E-state index is -0.874. The quantitative estimate of drug-likeness (QED) is 0.941. The average Bonchev–Trinajstić information content (AvgIpc) is 2.80. The van der Waals surface area contributed by atoms with Gasteiger partial charge in [-0.15, -0.1) is 0 Å². The van der Waals surface area contributed by atoms with Gasteiger partial charge in [0.25, 0.3) is 0 Å². The van der Waals surface area contributed by atoms with Crippen molar-refractivity contribution >= 4 is 15.9 Å². The van der Waals surface area contributed by atoms with E-state index in [0.29, 0.717) is 15.6 Å². The van der Waals surface area contributed by atoms with Crippen LogP contribution in [0, 0.1) is 5.82 Å².